The minimum atomic E-state index is -0.900. The predicted octanol–water partition coefficient (Wildman–Crippen LogP) is 2.03. The van der Waals surface area contributed by atoms with Crippen LogP contribution < -0.4 is 0 Å². The van der Waals surface area contributed by atoms with Gasteiger partial charge >= 0.3 is 5.97 Å². The van der Waals surface area contributed by atoms with E-state index in [0.717, 1.165) is 0 Å². The van der Waals surface area contributed by atoms with Gasteiger partial charge in [0.15, 0.2) is 0 Å². The molecule has 1 N–H and O–H groups in total. The Morgan fingerprint density at radius 3 is 2.43 bits per heavy atom. The molecule has 0 spiro atoms. The molecule has 0 bridgehead atoms. The number of halogens is 1. The first-order valence-electron chi connectivity index (χ1n) is 4.17. The van der Waals surface area contributed by atoms with E-state index in [0.29, 0.717) is 10.6 Å². The van der Waals surface area contributed by atoms with Crippen LogP contribution in [0.25, 0.3) is 0 Å². The first kappa shape index (κ1) is 11.0. The minimum Gasteiger partial charge on any atom is -0.480 e. The summed E-state index contributed by atoms with van der Waals surface area (Å²) in [5.74, 6) is -0.900. The summed E-state index contributed by atoms with van der Waals surface area (Å²) in [5, 5.41) is 9.50. The molecule has 1 aromatic carbocycles. The largest absolute Gasteiger partial charge is 0.480 e. The van der Waals surface area contributed by atoms with Crippen LogP contribution in [0.15, 0.2) is 24.3 Å². The number of likely N-dealkylation sites (N-methyl/N-ethyl adjacent to an activating group) is 1. The van der Waals surface area contributed by atoms with Crippen molar-refractivity contribution in [3.05, 3.63) is 34.9 Å². The van der Waals surface area contributed by atoms with Crippen molar-refractivity contribution in [2.24, 2.45) is 0 Å². The lowest BCUT2D eigenvalue weighted by Crippen LogP contribution is -2.27. The van der Waals surface area contributed by atoms with Gasteiger partial charge in [-0.3, -0.25) is 9.69 Å². The Labute approximate surface area is 87.9 Å². The Bertz CT molecular complexity index is 339. The second kappa shape index (κ2) is 4.44. The normalized spacial score (nSPS) is 12.9. The summed E-state index contributed by atoms with van der Waals surface area (Å²) in [6.07, 6.45) is 0. The second-order valence-electron chi connectivity index (χ2n) is 3.23. The predicted molar refractivity (Wildman–Crippen MR) is 55.5 cm³/mol. The molecule has 0 radical (unpaired) electrons. The molecule has 1 rings (SSSR count). The molecule has 1 atom stereocenters. The average Bonchev–Trinajstić information content (AvgIpc) is 2.07. The lowest BCUT2D eigenvalue weighted by Gasteiger charge is -2.21. The van der Waals surface area contributed by atoms with Gasteiger partial charge in [-0.1, -0.05) is 29.8 Å². The summed E-state index contributed by atoms with van der Waals surface area (Å²) in [4.78, 5) is 12.6. The van der Waals surface area contributed by atoms with E-state index >= 15 is 0 Å². The molecule has 0 heterocycles. The maximum absolute atomic E-state index is 11.0. The van der Waals surface area contributed by atoms with Crippen molar-refractivity contribution in [3.63, 3.8) is 0 Å². The zero-order valence-corrected chi connectivity index (χ0v) is 8.82. The summed E-state index contributed by atoms with van der Waals surface area (Å²) in [6, 6.07) is 6.28. The van der Waals surface area contributed by atoms with Crippen molar-refractivity contribution in [2.45, 2.75) is 6.04 Å². The Morgan fingerprint density at radius 1 is 1.43 bits per heavy atom. The summed E-state index contributed by atoms with van der Waals surface area (Å²) < 4.78 is 0. The highest BCUT2D eigenvalue weighted by molar-refractivity contribution is 6.31. The molecule has 0 aliphatic carbocycles. The topological polar surface area (TPSA) is 40.5 Å². The maximum atomic E-state index is 11.0. The summed E-state index contributed by atoms with van der Waals surface area (Å²) in [6.45, 7) is 0. The van der Waals surface area contributed by atoms with Gasteiger partial charge in [0.25, 0.3) is 0 Å². The fourth-order valence-corrected chi connectivity index (χ4v) is 1.57. The number of carbonyl (C=O) groups is 1. The molecule has 14 heavy (non-hydrogen) atoms. The molecule has 1 unspecified atom stereocenters. The number of rotatable bonds is 3. The van der Waals surface area contributed by atoms with Crippen LogP contribution in [0.1, 0.15) is 11.6 Å². The van der Waals surface area contributed by atoms with Crippen LogP contribution >= 0.6 is 11.6 Å². The highest BCUT2D eigenvalue weighted by Gasteiger charge is 2.23. The third kappa shape index (κ3) is 2.25. The van der Waals surface area contributed by atoms with E-state index in [1.807, 2.05) is 0 Å². The van der Waals surface area contributed by atoms with E-state index in [1.165, 1.54) is 0 Å². The molecule has 76 valence electrons. The lowest BCUT2D eigenvalue weighted by molar-refractivity contribution is -0.142. The molecule has 0 aromatic heterocycles. The molecule has 0 saturated carbocycles. The van der Waals surface area contributed by atoms with E-state index < -0.39 is 12.0 Å². The maximum Gasteiger partial charge on any atom is 0.325 e. The van der Waals surface area contributed by atoms with Crippen LogP contribution in [0, 0.1) is 0 Å². The van der Waals surface area contributed by atoms with Crippen molar-refractivity contribution >= 4 is 17.6 Å². The SMILES string of the molecule is CN(C)C(C(=O)O)c1ccccc1Cl. The third-order valence-corrected chi connectivity index (χ3v) is 2.29. The first-order chi connectivity index (χ1) is 6.54. The molecule has 1 aromatic rings. The number of nitrogens with zero attached hydrogens (tertiary/aromatic N) is 1. The molecule has 0 saturated heterocycles. The number of aliphatic carboxylic acids is 1. The Hall–Kier alpha value is -1.06. The van der Waals surface area contributed by atoms with E-state index in [-0.39, 0.29) is 0 Å². The van der Waals surface area contributed by atoms with Gasteiger partial charge < -0.3 is 5.11 Å². The lowest BCUT2D eigenvalue weighted by atomic mass is 10.1. The van der Waals surface area contributed by atoms with E-state index in [4.69, 9.17) is 16.7 Å². The second-order valence-corrected chi connectivity index (χ2v) is 3.63. The van der Waals surface area contributed by atoms with Gasteiger partial charge in [0.05, 0.1) is 0 Å². The van der Waals surface area contributed by atoms with Gasteiger partial charge in [0.1, 0.15) is 6.04 Å². The molecule has 4 heteroatoms. The molecule has 0 aliphatic heterocycles. The third-order valence-electron chi connectivity index (χ3n) is 1.95. The van der Waals surface area contributed by atoms with Crippen molar-refractivity contribution in [1.82, 2.24) is 4.90 Å². The highest BCUT2D eigenvalue weighted by atomic mass is 35.5. The van der Waals surface area contributed by atoms with Crippen molar-refractivity contribution < 1.29 is 9.90 Å². The van der Waals surface area contributed by atoms with Gasteiger partial charge in [0.2, 0.25) is 0 Å². The minimum absolute atomic E-state index is 0.480. The molecule has 3 nitrogen and oxygen atoms in total. The molecular formula is C10H12ClNO2. The smallest absolute Gasteiger partial charge is 0.325 e. The van der Waals surface area contributed by atoms with Crippen LogP contribution in [-0.2, 0) is 4.79 Å². The number of hydrogen-bond acceptors (Lipinski definition) is 2. The number of carboxylic acids is 1. The van der Waals surface area contributed by atoms with Gasteiger partial charge in [-0.05, 0) is 25.7 Å². The monoisotopic (exact) mass is 213 g/mol. The fraction of sp³-hybridized carbons (Fsp3) is 0.300. The van der Waals surface area contributed by atoms with E-state index in [1.54, 1.807) is 43.3 Å². The van der Waals surface area contributed by atoms with Gasteiger partial charge in [-0.25, -0.2) is 0 Å². The standard InChI is InChI=1S/C10H12ClNO2/c1-12(2)9(10(13)14)7-5-3-4-6-8(7)11/h3-6,9H,1-2H3,(H,13,14). The molecule has 0 amide bonds. The molecule has 0 aliphatic rings. The molecular weight excluding hydrogens is 202 g/mol. The van der Waals surface area contributed by atoms with Crippen LogP contribution in [0.3, 0.4) is 0 Å². The summed E-state index contributed by atoms with van der Waals surface area (Å²) in [7, 11) is 3.42. The van der Waals surface area contributed by atoms with Gasteiger partial charge in [0, 0.05) is 5.02 Å². The van der Waals surface area contributed by atoms with E-state index in [2.05, 4.69) is 0 Å². The highest BCUT2D eigenvalue weighted by Crippen LogP contribution is 2.25. The number of carboxylic acid groups (broad SMARTS) is 1. The van der Waals surface area contributed by atoms with Crippen molar-refractivity contribution in [2.75, 3.05) is 14.1 Å². The zero-order valence-electron chi connectivity index (χ0n) is 8.07. The first-order valence-corrected chi connectivity index (χ1v) is 4.55. The molecule has 0 fully saturated rings. The zero-order chi connectivity index (χ0) is 10.7. The van der Waals surface area contributed by atoms with Crippen molar-refractivity contribution in [3.8, 4) is 0 Å². The Morgan fingerprint density at radius 2 is 2.00 bits per heavy atom. The Balaban J connectivity index is 3.12. The van der Waals surface area contributed by atoms with Crippen LogP contribution in [0.4, 0.5) is 0 Å². The fourth-order valence-electron chi connectivity index (χ4n) is 1.33. The van der Waals surface area contributed by atoms with Gasteiger partial charge in [-0.15, -0.1) is 0 Å². The van der Waals surface area contributed by atoms with Crippen LogP contribution in [0.5, 0.6) is 0 Å². The number of hydrogen-bond donors (Lipinski definition) is 1. The van der Waals surface area contributed by atoms with Crippen LogP contribution in [-0.4, -0.2) is 30.1 Å². The summed E-state index contributed by atoms with van der Waals surface area (Å²) >= 11 is 5.92. The quantitative estimate of drug-likeness (QED) is 0.835. The summed E-state index contributed by atoms with van der Waals surface area (Å²) in [5.41, 5.74) is 0.617. The Kier molecular flexibility index (Phi) is 3.49. The average molecular weight is 214 g/mol. The van der Waals surface area contributed by atoms with E-state index in [9.17, 15) is 4.79 Å². The van der Waals surface area contributed by atoms with Crippen molar-refractivity contribution in [1.29, 1.82) is 0 Å². The number of benzene rings is 1. The van der Waals surface area contributed by atoms with Gasteiger partial charge in [-0.2, -0.15) is 0 Å². The van der Waals surface area contributed by atoms with Crippen LogP contribution in [0.2, 0.25) is 5.02 Å².